The molecule has 0 saturated heterocycles. The molecule has 2 aliphatic rings. The molecule has 2 rings (SSSR count). The van der Waals surface area contributed by atoms with E-state index >= 15 is 0 Å². The normalized spacial score (nSPS) is 29.1. The molecule has 0 bridgehead atoms. The Morgan fingerprint density at radius 3 is 2.57 bits per heavy atom. The van der Waals surface area contributed by atoms with E-state index in [1.54, 1.807) is 6.92 Å². The molecule has 4 heteroatoms. The summed E-state index contributed by atoms with van der Waals surface area (Å²) in [6.07, 6.45) is 6.02. The van der Waals surface area contributed by atoms with E-state index in [9.17, 15) is 9.59 Å². The van der Waals surface area contributed by atoms with Crippen LogP contribution in [0.3, 0.4) is 0 Å². The number of methoxy groups -OCH3 is 1. The zero-order valence-corrected chi connectivity index (χ0v) is 13.3. The van der Waals surface area contributed by atoms with Crippen LogP contribution in [0.4, 0.5) is 0 Å². The zero-order valence-electron chi connectivity index (χ0n) is 13.3. The van der Waals surface area contributed by atoms with Crippen molar-refractivity contribution in [1.29, 1.82) is 0 Å². The Bertz CT molecular complexity index is 501. The van der Waals surface area contributed by atoms with Crippen molar-refractivity contribution in [3.05, 3.63) is 22.8 Å². The van der Waals surface area contributed by atoms with Crippen molar-refractivity contribution < 1.29 is 19.1 Å². The van der Waals surface area contributed by atoms with Crippen molar-refractivity contribution in [2.24, 2.45) is 11.8 Å². The summed E-state index contributed by atoms with van der Waals surface area (Å²) >= 11 is 0. The highest BCUT2D eigenvalue weighted by Gasteiger charge is 2.40. The third-order valence-corrected chi connectivity index (χ3v) is 4.55. The van der Waals surface area contributed by atoms with Gasteiger partial charge in [0.15, 0.2) is 0 Å². The quantitative estimate of drug-likeness (QED) is 0.455. The van der Waals surface area contributed by atoms with E-state index in [0.29, 0.717) is 11.5 Å². The summed E-state index contributed by atoms with van der Waals surface area (Å²) in [6, 6.07) is 0. The van der Waals surface area contributed by atoms with Gasteiger partial charge < -0.3 is 9.47 Å². The average Bonchev–Trinajstić information content (AvgIpc) is 2.74. The van der Waals surface area contributed by atoms with Gasteiger partial charge in [0.05, 0.1) is 7.11 Å². The molecule has 0 radical (unpaired) electrons. The Balaban J connectivity index is 2.21. The molecule has 1 fully saturated rings. The van der Waals surface area contributed by atoms with Crippen molar-refractivity contribution in [2.75, 3.05) is 7.11 Å². The fraction of sp³-hybridized carbons (Fsp3) is 0.647. The van der Waals surface area contributed by atoms with Crippen LogP contribution in [0.1, 0.15) is 46.5 Å². The second-order valence-corrected chi connectivity index (χ2v) is 6.07. The standard InChI is InChI=1S/C17H24O4/c1-10-9-15(21-12(3)18)14-7-5-6-13(16(10)14)8-11(2)17(19)20-4/h8,13-15H,5-7,9H2,1-4H3/b11-8+/t13-,14?,15?/m0/s1. The van der Waals surface area contributed by atoms with E-state index in [0.717, 1.165) is 25.7 Å². The summed E-state index contributed by atoms with van der Waals surface area (Å²) in [4.78, 5) is 22.8. The second-order valence-electron chi connectivity index (χ2n) is 6.07. The number of hydrogen-bond donors (Lipinski definition) is 0. The Kier molecular flexibility index (Phi) is 4.86. The molecule has 2 aliphatic carbocycles. The summed E-state index contributed by atoms with van der Waals surface area (Å²) < 4.78 is 10.3. The molecule has 0 amide bonds. The first kappa shape index (κ1) is 15.8. The minimum absolute atomic E-state index is 0.0212. The molecule has 0 aromatic carbocycles. The molecule has 0 spiro atoms. The Labute approximate surface area is 126 Å². The molecule has 3 atom stereocenters. The highest BCUT2D eigenvalue weighted by molar-refractivity contribution is 5.87. The van der Waals surface area contributed by atoms with Crippen LogP contribution in [-0.4, -0.2) is 25.2 Å². The maximum atomic E-state index is 11.6. The second kappa shape index (κ2) is 6.46. The fourth-order valence-corrected chi connectivity index (χ4v) is 3.77. The van der Waals surface area contributed by atoms with Crippen LogP contribution in [0.25, 0.3) is 0 Å². The minimum Gasteiger partial charge on any atom is -0.466 e. The SMILES string of the molecule is COC(=O)/C(C)=C/[C@@H]1CCCC2C1=C(C)CC2OC(C)=O. The number of allylic oxidation sites excluding steroid dienone is 1. The summed E-state index contributed by atoms with van der Waals surface area (Å²) in [7, 11) is 1.40. The highest BCUT2D eigenvalue weighted by Crippen LogP contribution is 2.46. The minimum atomic E-state index is -0.273. The van der Waals surface area contributed by atoms with Gasteiger partial charge in [-0.05, 0) is 32.6 Å². The van der Waals surface area contributed by atoms with Gasteiger partial charge in [0.25, 0.3) is 0 Å². The van der Waals surface area contributed by atoms with Crippen molar-refractivity contribution in [3.63, 3.8) is 0 Å². The maximum Gasteiger partial charge on any atom is 0.333 e. The topological polar surface area (TPSA) is 52.6 Å². The van der Waals surface area contributed by atoms with Crippen molar-refractivity contribution in [3.8, 4) is 0 Å². The number of esters is 2. The van der Waals surface area contributed by atoms with Gasteiger partial charge in [0, 0.05) is 24.8 Å². The number of ether oxygens (including phenoxy) is 2. The van der Waals surface area contributed by atoms with Gasteiger partial charge in [-0.2, -0.15) is 0 Å². The average molecular weight is 292 g/mol. The number of carbonyl (C=O) groups is 2. The van der Waals surface area contributed by atoms with E-state index in [1.807, 2.05) is 6.08 Å². The first-order valence-corrected chi connectivity index (χ1v) is 7.57. The summed E-state index contributed by atoms with van der Waals surface area (Å²) in [5.41, 5.74) is 3.33. The zero-order chi connectivity index (χ0) is 15.6. The van der Waals surface area contributed by atoms with Gasteiger partial charge >= 0.3 is 11.9 Å². The van der Waals surface area contributed by atoms with Crippen LogP contribution in [0, 0.1) is 11.8 Å². The lowest BCUT2D eigenvalue weighted by Gasteiger charge is -2.31. The van der Waals surface area contributed by atoms with Crippen LogP contribution < -0.4 is 0 Å². The predicted octanol–water partition coefficient (Wildman–Crippen LogP) is 3.17. The van der Waals surface area contributed by atoms with Crippen LogP contribution in [0.5, 0.6) is 0 Å². The predicted molar refractivity (Wildman–Crippen MR) is 79.5 cm³/mol. The number of rotatable bonds is 3. The molecule has 21 heavy (non-hydrogen) atoms. The van der Waals surface area contributed by atoms with Gasteiger partial charge in [-0.1, -0.05) is 23.6 Å². The third kappa shape index (κ3) is 3.36. The molecule has 0 heterocycles. The molecule has 2 unspecified atom stereocenters. The molecule has 1 saturated carbocycles. The van der Waals surface area contributed by atoms with Crippen LogP contribution in [0.15, 0.2) is 22.8 Å². The lowest BCUT2D eigenvalue weighted by Crippen LogP contribution is -2.27. The van der Waals surface area contributed by atoms with Gasteiger partial charge in [-0.15, -0.1) is 0 Å². The van der Waals surface area contributed by atoms with E-state index < -0.39 is 0 Å². The molecule has 4 nitrogen and oxygen atoms in total. The Morgan fingerprint density at radius 2 is 1.95 bits per heavy atom. The molecular formula is C17H24O4. The van der Waals surface area contributed by atoms with Gasteiger partial charge in [-0.3, -0.25) is 4.79 Å². The lowest BCUT2D eigenvalue weighted by atomic mass is 9.76. The maximum absolute atomic E-state index is 11.6. The molecule has 116 valence electrons. The van der Waals surface area contributed by atoms with Crippen molar-refractivity contribution in [2.45, 2.75) is 52.6 Å². The van der Waals surface area contributed by atoms with E-state index in [1.165, 1.54) is 25.2 Å². The largest absolute Gasteiger partial charge is 0.466 e. The molecule has 0 N–H and O–H groups in total. The third-order valence-electron chi connectivity index (χ3n) is 4.55. The summed E-state index contributed by atoms with van der Waals surface area (Å²) in [6.45, 7) is 5.38. The van der Waals surface area contributed by atoms with Crippen molar-refractivity contribution >= 4 is 11.9 Å². The Morgan fingerprint density at radius 1 is 1.24 bits per heavy atom. The highest BCUT2D eigenvalue weighted by atomic mass is 16.5. The van der Waals surface area contributed by atoms with Crippen LogP contribution in [-0.2, 0) is 19.1 Å². The summed E-state index contributed by atoms with van der Waals surface area (Å²) in [5, 5.41) is 0. The fourth-order valence-electron chi connectivity index (χ4n) is 3.77. The van der Waals surface area contributed by atoms with Gasteiger partial charge in [0.2, 0.25) is 0 Å². The van der Waals surface area contributed by atoms with Crippen LogP contribution in [0.2, 0.25) is 0 Å². The van der Waals surface area contributed by atoms with Crippen molar-refractivity contribution in [1.82, 2.24) is 0 Å². The van der Waals surface area contributed by atoms with Gasteiger partial charge in [-0.25, -0.2) is 4.79 Å². The van der Waals surface area contributed by atoms with E-state index in [-0.39, 0.29) is 24.0 Å². The Hall–Kier alpha value is -1.58. The molecule has 0 aromatic heterocycles. The molecule has 0 aromatic rings. The molecule has 0 aliphatic heterocycles. The summed E-state index contributed by atoms with van der Waals surface area (Å²) in [5.74, 6) is 0.0973. The number of hydrogen-bond acceptors (Lipinski definition) is 4. The number of fused-ring (bicyclic) bond motifs is 1. The van der Waals surface area contributed by atoms with E-state index in [2.05, 4.69) is 6.92 Å². The number of carbonyl (C=O) groups excluding carboxylic acids is 2. The smallest absolute Gasteiger partial charge is 0.333 e. The van der Waals surface area contributed by atoms with E-state index in [4.69, 9.17) is 9.47 Å². The van der Waals surface area contributed by atoms with Crippen LogP contribution >= 0.6 is 0 Å². The molecular weight excluding hydrogens is 268 g/mol. The first-order valence-electron chi connectivity index (χ1n) is 7.57. The monoisotopic (exact) mass is 292 g/mol. The van der Waals surface area contributed by atoms with Gasteiger partial charge in [0.1, 0.15) is 6.10 Å². The first-order chi connectivity index (χ1) is 9.93. The lowest BCUT2D eigenvalue weighted by molar-refractivity contribution is -0.148.